The van der Waals surface area contributed by atoms with Gasteiger partial charge in [-0.2, -0.15) is 0 Å². The summed E-state index contributed by atoms with van der Waals surface area (Å²) in [6, 6.07) is 4.70. The van der Waals surface area contributed by atoms with E-state index in [4.69, 9.17) is 23.2 Å². The van der Waals surface area contributed by atoms with Gasteiger partial charge in [-0.1, -0.05) is 52.4 Å². The quantitative estimate of drug-likeness (QED) is 0.816. The molecule has 10 heteroatoms. The molecule has 20 heavy (non-hydrogen) atoms. The average molecular weight is 370 g/mol. The van der Waals surface area contributed by atoms with E-state index in [0.717, 1.165) is 0 Å². The minimum atomic E-state index is -3.57. The highest BCUT2D eigenvalue weighted by atomic mass is 35.5. The zero-order valence-corrected chi connectivity index (χ0v) is 14.1. The van der Waals surface area contributed by atoms with Gasteiger partial charge in [0.15, 0.2) is 4.34 Å². The lowest BCUT2D eigenvalue weighted by Crippen LogP contribution is -2.14. The molecule has 0 aliphatic heterocycles. The molecule has 0 bridgehead atoms. The predicted octanol–water partition coefficient (Wildman–Crippen LogP) is 3.51. The number of rotatable bonds is 5. The van der Waals surface area contributed by atoms with Gasteiger partial charge >= 0.3 is 0 Å². The van der Waals surface area contributed by atoms with Crippen LogP contribution < -0.4 is 4.72 Å². The van der Waals surface area contributed by atoms with E-state index >= 15 is 0 Å². The lowest BCUT2D eigenvalue weighted by atomic mass is 10.2. The van der Waals surface area contributed by atoms with Crippen molar-refractivity contribution in [3.05, 3.63) is 33.8 Å². The molecular formula is C10H9Cl2N3O2S3. The zero-order valence-electron chi connectivity index (χ0n) is 10.1. The molecular weight excluding hydrogens is 361 g/mol. The monoisotopic (exact) mass is 369 g/mol. The lowest BCUT2D eigenvalue weighted by Gasteiger charge is -2.05. The first-order chi connectivity index (χ1) is 9.39. The summed E-state index contributed by atoms with van der Waals surface area (Å²) in [4.78, 5) is 0. The van der Waals surface area contributed by atoms with Crippen LogP contribution in [0.1, 0.15) is 5.56 Å². The maximum Gasteiger partial charge on any atom is 0.238 e. The Morgan fingerprint density at radius 2 is 2.05 bits per heavy atom. The van der Waals surface area contributed by atoms with Crippen LogP contribution in [0.3, 0.4) is 0 Å². The molecule has 0 saturated carbocycles. The lowest BCUT2D eigenvalue weighted by molar-refractivity contribution is 0.600. The van der Waals surface area contributed by atoms with E-state index in [0.29, 0.717) is 19.9 Å². The molecule has 2 rings (SSSR count). The molecule has 0 spiro atoms. The number of aromatic nitrogens is 2. The summed E-state index contributed by atoms with van der Waals surface area (Å²) in [7, 11) is -3.57. The molecule has 1 N–H and O–H groups in total. The molecule has 0 amide bonds. The van der Waals surface area contributed by atoms with Crippen LogP contribution in [-0.4, -0.2) is 24.9 Å². The molecule has 0 radical (unpaired) electrons. The van der Waals surface area contributed by atoms with E-state index in [9.17, 15) is 8.42 Å². The van der Waals surface area contributed by atoms with Gasteiger partial charge in [0.1, 0.15) is 0 Å². The van der Waals surface area contributed by atoms with E-state index in [2.05, 4.69) is 14.9 Å². The van der Waals surface area contributed by atoms with Crippen LogP contribution in [-0.2, 0) is 15.8 Å². The number of sulfonamides is 1. The number of benzene rings is 1. The van der Waals surface area contributed by atoms with Gasteiger partial charge in [-0.25, -0.2) is 8.42 Å². The number of hydrogen-bond donors (Lipinski definition) is 1. The normalized spacial score (nSPS) is 11.6. The van der Waals surface area contributed by atoms with Crippen molar-refractivity contribution < 1.29 is 8.42 Å². The third-order valence-corrected chi connectivity index (χ3v) is 6.06. The third kappa shape index (κ3) is 4.23. The highest BCUT2D eigenvalue weighted by Crippen LogP contribution is 2.26. The Labute approximate surface area is 134 Å². The summed E-state index contributed by atoms with van der Waals surface area (Å²) >= 11 is 14.2. The molecule has 0 aliphatic carbocycles. The number of nitrogens with one attached hydrogen (secondary N) is 1. The summed E-state index contributed by atoms with van der Waals surface area (Å²) in [5.41, 5.74) is 0.543. The highest BCUT2D eigenvalue weighted by Gasteiger charge is 2.15. The van der Waals surface area contributed by atoms with Gasteiger partial charge in [0.2, 0.25) is 15.2 Å². The average Bonchev–Trinajstić information content (AvgIpc) is 2.80. The smallest absolute Gasteiger partial charge is 0.238 e. The molecule has 0 fully saturated rings. The van der Waals surface area contributed by atoms with Crippen LogP contribution in [0.25, 0.3) is 0 Å². The molecule has 0 atom stereocenters. The number of anilines is 1. The van der Waals surface area contributed by atoms with Crippen molar-refractivity contribution in [1.82, 2.24) is 10.2 Å². The Balaban J connectivity index is 2.12. The molecule has 0 saturated heterocycles. The molecule has 0 aliphatic rings. The minimum Gasteiger partial charge on any atom is -0.257 e. The summed E-state index contributed by atoms with van der Waals surface area (Å²) in [6.45, 7) is 0. The van der Waals surface area contributed by atoms with Crippen molar-refractivity contribution in [2.24, 2.45) is 0 Å². The second-order valence-corrected chi connectivity index (χ2v) is 8.25. The summed E-state index contributed by atoms with van der Waals surface area (Å²) in [5.74, 6) is -0.210. The van der Waals surface area contributed by atoms with Crippen LogP contribution in [0.5, 0.6) is 0 Å². The van der Waals surface area contributed by atoms with Crippen LogP contribution >= 0.6 is 46.3 Å². The molecule has 2 aromatic rings. The topological polar surface area (TPSA) is 72.0 Å². The standard InChI is InChI=1S/C10H9Cl2N3O2S3/c1-18-10-14-13-9(19-10)15-20(16,17)5-6-2-3-7(11)8(12)4-6/h2-4H,5H2,1H3,(H,13,15). The SMILES string of the molecule is CSc1nnc(NS(=O)(=O)Cc2ccc(Cl)c(Cl)c2)s1. The Hall–Kier alpha value is -0.540. The van der Waals surface area contributed by atoms with Crippen molar-refractivity contribution in [3.63, 3.8) is 0 Å². The highest BCUT2D eigenvalue weighted by molar-refractivity contribution is 8.00. The Kier molecular flexibility index (Phi) is 5.14. The first-order valence-electron chi connectivity index (χ1n) is 5.21. The maximum absolute atomic E-state index is 12.0. The van der Waals surface area contributed by atoms with Crippen molar-refractivity contribution >= 4 is 61.5 Å². The Morgan fingerprint density at radius 3 is 2.65 bits per heavy atom. The fraction of sp³-hybridized carbons (Fsp3) is 0.200. The van der Waals surface area contributed by atoms with Crippen molar-refractivity contribution in [1.29, 1.82) is 0 Å². The van der Waals surface area contributed by atoms with E-state index in [1.165, 1.54) is 29.2 Å². The number of thioether (sulfide) groups is 1. The van der Waals surface area contributed by atoms with Gasteiger partial charge in [0.05, 0.1) is 15.8 Å². The fourth-order valence-electron chi connectivity index (χ4n) is 1.35. The van der Waals surface area contributed by atoms with E-state index in [1.807, 2.05) is 6.26 Å². The molecule has 1 heterocycles. The summed E-state index contributed by atoms with van der Waals surface area (Å²) in [5, 5.41) is 8.52. The largest absolute Gasteiger partial charge is 0.257 e. The number of hydrogen-bond acceptors (Lipinski definition) is 6. The minimum absolute atomic E-state index is 0.210. The van der Waals surface area contributed by atoms with Gasteiger partial charge < -0.3 is 0 Å². The molecule has 5 nitrogen and oxygen atoms in total. The van der Waals surface area contributed by atoms with Crippen molar-refractivity contribution in [3.8, 4) is 0 Å². The second kappa shape index (κ2) is 6.48. The van der Waals surface area contributed by atoms with E-state index in [1.54, 1.807) is 12.1 Å². The van der Waals surface area contributed by atoms with Gasteiger partial charge in [-0.3, -0.25) is 4.72 Å². The summed E-state index contributed by atoms with van der Waals surface area (Å²) < 4.78 is 27.1. The van der Waals surface area contributed by atoms with E-state index < -0.39 is 10.0 Å². The fourth-order valence-corrected chi connectivity index (χ4v) is 4.24. The second-order valence-electron chi connectivity index (χ2n) is 3.69. The van der Waals surface area contributed by atoms with Crippen molar-refractivity contribution in [2.75, 3.05) is 11.0 Å². The molecule has 1 aromatic heterocycles. The van der Waals surface area contributed by atoms with Gasteiger partial charge in [0, 0.05) is 0 Å². The van der Waals surface area contributed by atoms with Crippen LogP contribution in [0.2, 0.25) is 10.0 Å². The third-order valence-electron chi connectivity index (χ3n) is 2.16. The van der Waals surface area contributed by atoms with Gasteiger partial charge in [0.25, 0.3) is 0 Å². The maximum atomic E-state index is 12.0. The van der Waals surface area contributed by atoms with Gasteiger partial charge in [-0.15, -0.1) is 10.2 Å². The molecule has 0 unspecified atom stereocenters. The first-order valence-corrected chi connectivity index (χ1v) is 9.66. The Bertz CT molecular complexity index is 718. The zero-order chi connectivity index (χ0) is 14.8. The van der Waals surface area contributed by atoms with Crippen LogP contribution in [0.4, 0.5) is 5.13 Å². The van der Waals surface area contributed by atoms with Crippen molar-refractivity contribution in [2.45, 2.75) is 10.1 Å². The molecule has 108 valence electrons. The van der Waals surface area contributed by atoms with Gasteiger partial charge in [-0.05, 0) is 24.0 Å². The van der Waals surface area contributed by atoms with Crippen LogP contribution in [0.15, 0.2) is 22.5 Å². The number of nitrogens with zero attached hydrogens (tertiary/aromatic N) is 2. The summed E-state index contributed by atoms with van der Waals surface area (Å²) in [6.07, 6.45) is 1.84. The first kappa shape index (κ1) is 15.8. The molecule has 1 aromatic carbocycles. The van der Waals surface area contributed by atoms with E-state index in [-0.39, 0.29) is 10.9 Å². The van der Waals surface area contributed by atoms with Crippen LogP contribution in [0, 0.1) is 0 Å². The predicted molar refractivity (Wildman–Crippen MR) is 84.4 cm³/mol. The Morgan fingerprint density at radius 1 is 1.30 bits per heavy atom. The number of halogens is 2.